The van der Waals surface area contributed by atoms with Gasteiger partial charge >= 0.3 is 0 Å². The van der Waals surface area contributed by atoms with Gasteiger partial charge in [0.2, 0.25) is 0 Å². The molecule has 1 amide bonds. The third-order valence-corrected chi connectivity index (χ3v) is 4.62. The van der Waals surface area contributed by atoms with Crippen molar-refractivity contribution in [2.24, 2.45) is 7.05 Å². The van der Waals surface area contributed by atoms with E-state index in [1.165, 1.54) is 0 Å². The third-order valence-electron chi connectivity index (χ3n) is 4.62. The van der Waals surface area contributed by atoms with Crippen molar-refractivity contribution < 1.29 is 14.1 Å². The van der Waals surface area contributed by atoms with E-state index in [0.29, 0.717) is 24.5 Å². The fourth-order valence-electron chi connectivity index (χ4n) is 3.15. The molecule has 25 heavy (non-hydrogen) atoms. The number of hydrogen-bond donors (Lipinski definition) is 0. The average Bonchev–Trinajstić information content (AvgIpc) is 3.07. The van der Waals surface area contributed by atoms with Crippen LogP contribution in [0.25, 0.3) is 0 Å². The van der Waals surface area contributed by atoms with Crippen molar-refractivity contribution in [2.45, 2.75) is 26.8 Å². The number of aryl methyl sites for hydroxylation is 2. The summed E-state index contributed by atoms with van der Waals surface area (Å²) in [5.41, 5.74) is 2.22. The molecular weight excluding hydrogens is 320 g/mol. The van der Waals surface area contributed by atoms with Crippen molar-refractivity contribution in [3.8, 4) is 0 Å². The van der Waals surface area contributed by atoms with Crippen molar-refractivity contribution in [1.29, 1.82) is 0 Å². The van der Waals surface area contributed by atoms with Crippen molar-refractivity contribution in [3.05, 3.63) is 41.0 Å². The Morgan fingerprint density at radius 1 is 1.20 bits per heavy atom. The Hall–Kier alpha value is -2.41. The van der Waals surface area contributed by atoms with Crippen LogP contribution in [0.1, 0.15) is 45.6 Å². The van der Waals surface area contributed by atoms with Crippen LogP contribution in [0.2, 0.25) is 0 Å². The second-order valence-corrected chi connectivity index (χ2v) is 6.63. The Kier molecular flexibility index (Phi) is 5.03. The van der Waals surface area contributed by atoms with Crippen LogP contribution in [0.4, 0.5) is 0 Å². The zero-order valence-corrected chi connectivity index (χ0v) is 15.0. The minimum absolute atomic E-state index is 0.0727. The average molecular weight is 344 g/mol. The molecule has 0 atom stereocenters. The normalized spacial score (nSPS) is 16.0. The van der Waals surface area contributed by atoms with Gasteiger partial charge in [0.05, 0.1) is 0 Å². The lowest BCUT2D eigenvalue weighted by Crippen LogP contribution is -2.35. The lowest BCUT2D eigenvalue weighted by Gasteiger charge is -2.21. The number of nitrogens with zero attached hydrogens (tertiary/aromatic N) is 4. The molecule has 7 nitrogen and oxygen atoms in total. The third kappa shape index (κ3) is 3.99. The topological polar surface area (TPSA) is 71.6 Å². The smallest absolute Gasteiger partial charge is 0.276 e. The molecule has 134 valence electrons. The van der Waals surface area contributed by atoms with Crippen LogP contribution in [0, 0.1) is 6.92 Å². The second-order valence-electron chi connectivity index (χ2n) is 6.63. The number of rotatable bonds is 4. The lowest BCUT2D eigenvalue weighted by atomic mass is 10.2. The van der Waals surface area contributed by atoms with Crippen LogP contribution in [0.5, 0.6) is 0 Å². The van der Waals surface area contributed by atoms with Gasteiger partial charge in [-0.15, -0.1) is 0 Å². The summed E-state index contributed by atoms with van der Waals surface area (Å²) < 4.78 is 7.01. The summed E-state index contributed by atoms with van der Waals surface area (Å²) in [5, 5.41) is 3.82. The van der Waals surface area contributed by atoms with Gasteiger partial charge in [0.1, 0.15) is 5.76 Å². The largest absolute Gasteiger partial charge is 0.361 e. The second kappa shape index (κ2) is 7.23. The number of Topliss-reactive ketones (excluding diaryl/α,β-unsaturated/α-hetero) is 1. The van der Waals surface area contributed by atoms with Crippen molar-refractivity contribution in [2.75, 3.05) is 26.2 Å². The monoisotopic (exact) mass is 344 g/mol. The number of hydrogen-bond acceptors (Lipinski definition) is 5. The predicted octanol–water partition coefficient (Wildman–Crippen LogP) is 1.87. The molecule has 0 aliphatic carbocycles. The van der Waals surface area contributed by atoms with Crippen molar-refractivity contribution in [3.63, 3.8) is 0 Å². The zero-order valence-electron chi connectivity index (χ0n) is 15.0. The minimum Gasteiger partial charge on any atom is -0.361 e. The molecule has 2 aromatic heterocycles. The van der Waals surface area contributed by atoms with E-state index in [1.54, 1.807) is 19.9 Å². The highest BCUT2D eigenvalue weighted by Gasteiger charge is 2.23. The van der Waals surface area contributed by atoms with E-state index in [-0.39, 0.29) is 11.7 Å². The Bertz CT molecular complexity index is 777. The predicted molar refractivity (Wildman–Crippen MR) is 92.5 cm³/mol. The van der Waals surface area contributed by atoms with Crippen molar-refractivity contribution in [1.82, 2.24) is 19.5 Å². The van der Waals surface area contributed by atoms with E-state index in [0.717, 1.165) is 37.3 Å². The fourth-order valence-corrected chi connectivity index (χ4v) is 3.15. The molecule has 1 fully saturated rings. The maximum atomic E-state index is 12.5. The molecule has 0 spiro atoms. The molecule has 3 rings (SSSR count). The summed E-state index contributed by atoms with van der Waals surface area (Å²) in [5.74, 6) is 0.651. The number of carbonyl (C=O) groups excluding carboxylic acids is 2. The SMILES string of the molecule is CC(=O)c1cc(CN2CCCN(C(=O)c3cc(C)on3)CC2)n(C)c1. The van der Waals surface area contributed by atoms with Gasteiger partial charge in [0, 0.05) is 63.3 Å². The molecule has 2 aromatic rings. The van der Waals surface area contributed by atoms with E-state index < -0.39 is 0 Å². The van der Waals surface area contributed by atoms with Gasteiger partial charge in [-0.2, -0.15) is 0 Å². The Morgan fingerprint density at radius 3 is 2.64 bits per heavy atom. The number of amides is 1. The Morgan fingerprint density at radius 2 is 2.00 bits per heavy atom. The first-order valence-corrected chi connectivity index (χ1v) is 8.55. The first kappa shape index (κ1) is 17.4. The summed E-state index contributed by atoms with van der Waals surface area (Å²) in [4.78, 5) is 28.2. The maximum absolute atomic E-state index is 12.5. The molecule has 1 aliphatic rings. The highest BCUT2D eigenvalue weighted by Crippen LogP contribution is 2.14. The van der Waals surface area contributed by atoms with E-state index in [1.807, 2.05) is 28.8 Å². The Labute approximate surface area is 147 Å². The number of carbonyl (C=O) groups is 2. The standard InChI is InChI=1S/C18H24N4O3/c1-13-9-17(19-25-13)18(24)22-6-4-5-21(7-8-22)12-16-10-15(14(2)23)11-20(16)3/h9-11H,4-8,12H2,1-3H3. The van der Waals surface area contributed by atoms with Crippen LogP contribution < -0.4 is 0 Å². The molecule has 1 saturated heterocycles. The van der Waals surface area contributed by atoms with E-state index in [2.05, 4.69) is 10.1 Å². The molecule has 0 unspecified atom stereocenters. The van der Waals surface area contributed by atoms with Gasteiger partial charge in [-0.25, -0.2) is 0 Å². The zero-order chi connectivity index (χ0) is 18.0. The van der Waals surface area contributed by atoms with Gasteiger partial charge < -0.3 is 14.0 Å². The molecule has 0 N–H and O–H groups in total. The van der Waals surface area contributed by atoms with Crippen LogP contribution in [0.3, 0.4) is 0 Å². The summed E-state index contributed by atoms with van der Waals surface area (Å²) >= 11 is 0. The Balaban J connectivity index is 1.62. The molecule has 0 aromatic carbocycles. The molecular formula is C18H24N4O3. The van der Waals surface area contributed by atoms with Crippen LogP contribution in [-0.2, 0) is 13.6 Å². The quantitative estimate of drug-likeness (QED) is 0.792. The maximum Gasteiger partial charge on any atom is 0.276 e. The van der Waals surface area contributed by atoms with Gasteiger partial charge in [0.25, 0.3) is 5.91 Å². The summed E-state index contributed by atoms with van der Waals surface area (Å²) in [6.07, 6.45) is 2.78. The van der Waals surface area contributed by atoms with Gasteiger partial charge in [-0.3, -0.25) is 14.5 Å². The molecule has 0 saturated carbocycles. The fraction of sp³-hybridized carbons (Fsp3) is 0.500. The van der Waals surface area contributed by atoms with Gasteiger partial charge in [-0.05, 0) is 26.3 Å². The number of aromatic nitrogens is 2. The summed E-state index contributed by atoms with van der Waals surface area (Å²) in [7, 11) is 1.96. The molecule has 0 radical (unpaired) electrons. The van der Waals surface area contributed by atoms with Crippen molar-refractivity contribution >= 4 is 11.7 Å². The van der Waals surface area contributed by atoms with E-state index >= 15 is 0 Å². The first-order chi connectivity index (χ1) is 11.9. The van der Waals surface area contributed by atoms with Gasteiger partial charge in [0.15, 0.2) is 11.5 Å². The van der Waals surface area contributed by atoms with Gasteiger partial charge in [-0.1, -0.05) is 5.16 Å². The molecule has 1 aliphatic heterocycles. The molecule has 0 bridgehead atoms. The molecule has 7 heteroatoms. The highest BCUT2D eigenvalue weighted by molar-refractivity contribution is 5.94. The minimum atomic E-state index is -0.0727. The van der Waals surface area contributed by atoms with Crippen LogP contribution >= 0.6 is 0 Å². The number of ketones is 1. The van der Waals surface area contributed by atoms with E-state index in [4.69, 9.17) is 4.52 Å². The highest BCUT2D eigenvalue weighted by atomic mass is 16.5. The van der Waals surface area contributed by atoms with Crippen LogP contribution in [-0.4, -0.2) is 57.4 Å². The summed E-state index contributed by atoms with van der Waals surface area (Å²) in [6, 6.07) is 3.63. The van der Waals surface area contributed by atoms with Crippen LogP contribution in [0.15, 0.2) is 22.9 Å². The lowest BCUT2D eigenvalue weighted by molar-refractivity contribution is 0.0750. The summed E-state index contributed by atoms with van der Waals surface area (Å²) in [6.45, 7) is 7.23. The van der Waals surface area contributed by atoms with E-state index in [9.17, 15) is 9.59 Å². The molecule has 3 heterocycles. The first-order valence-electron chi connectivity index (χ1n) is 8.55.